The summed E-state index contributed by atoms with van der Waals surface area (Å²) >= 11 is 0. The summed E-state index contributed by atoms with van der Waals surface area (Å²) < 4.78 is 53.2. The Morgan fingerprint density at radius 1 is 1.22 bits per heavy atom. The van der Waals surface area contributed by atoms with Crippen molar-refractivity contribution >= 4 is 21.7 Å². The van der Waals surface area contributed by atoms with Crippen LogP contribution in [-0.2, 0) is 10.0 Å². The first kappa shape index (κ1) is 25.7. The Kier molecular flexibility index (Phi) is 8.68. The molecule has 0 unspecified atom stereocenters. The quantitative estimate of drug-likeness (QED) is 0.684. The molecule has 1 aliphatic heterocycles. The first-order valence-electron chi connectivity index (χ1n) is 10.1. The van der Waals surface area contributed by atoms with E-state index in [4.69, 9.17) is 0 Å². The molecule has 3 rings (SSSR count). The van der Waals surface area contributed by atoms with Crippen LogP contribution in [0.25, 0.3) is 11.3 Å². The SMILES string of the molecule is C.CCCS(=O)(=O)N1CCC(N(C)C(=O)Nc2ccc(-c3cc(F)ccc3F)nc2)CC1. The maximum Gasteiger partial charge on any atom is 0.321 e. The van der Waals surface area contributed by atoms with E-state index in [0.29, 0.717) is 38.0 Å². The van der Waals surface area contributed by atoms with Crippen LogP contribution in [0, 0.1) is 11.6 Å². The van der Waals surface area contributed by atoms with E-state index in [2.05, 4.69) is 10.3 Å². The van der Waals surface area contributed by atoms with E-state index in [1.54, 1.807) is 18.0 Å². The maximum atomic E-state index is 13.9. The third-order valence-electron chi connectivity index (χ3n) is 5.37. The topological polar surface area (TPSA) is 82.6 Å². The summed E-state index contributed by atoms with van der Waals surface area (Å²) in [4.78, 5) is 18.3. The normalized spacial score (nSPS) is 15.1. The Morgan fingerprint density at radius 3 is 2.50 bits per heavy atom. The predicted molar refractivity (Wildman–Crippen MR) is 122 cm³/mol. The second-order valence-electron chi connectivity index (χ2n) is 7.54. The Labute approximate surface area is 188 Å². The first-order chi connectivity index (χ1) is 14.7. The van der Waals surface area contributed by atoms with Gasteiger partial charge in [0.05, 0.1) is 23.3 Å². The van der Waals surface area contributed by atoms with Crippen LogP contribution in [0.2, 0.25) is 0 Å². The van der Waals surface area contributed by atoms with Gasteiger partial charge in [-0.3, -0.25) is 4.98 Å². The van der Waals surface area contributed by atoms with E-state index in [9.17, 15) is 22.0 Å². The van der Waals surface area contributed by atoms with Crippen LogP contribution < -0.4 is 5.32 Å². The van der Waals surface area contributed by atoms with Gasteiger partial charge in [-0.1, -0.05) is 14.4 Å². The van der Waals surface area contributed by atoms with Crippen molar-refractivity contribution in [3.63, 3.8) is 0 Å². The van der Waals surface area contributed by atoms with Crippen LogP contribution in [0.4, 0.5) is 19.3 Å². The van der Waals surface area contributed by atoms with Crippen LogP contribution in [-0.4, -0.2) is 60.6 Å². The number of amides is 2. The van der Waals surface area contributed by atoms with Crippen molar-refractivity contribution in [3.8, 4) is 11.3 Å². The summed E-state index contributed by atoms with van der Waals surface area (Å²) in [7, 11) is -1.56. The van der Waals surface area contributed by atoms with Gasteiger partial charge in [-0.05, 0) is 49.6 Å². The van der Waals surface area contributed by atoms with Crippen molar-refractivity contribution in [2.24, 2.45) is 0 Å². The van der Waals surface area contributed by atoms with E-state index in [0.717, 1.165) is 18.2 Å². The molecule has 32 heavy (non-hydrogen) atoms. The predicted octanol–water partition coefficient (Wildman–Crippen LogP) is 4.33. The number of carbonyl (C=O) groups excluding carboxylic acids is 1. The van der Waals surface area contributed by atoms with Crippen LogP contribution in [0.5, 0.6) is 0 Å². The summed E-state index contributed by atoms with van der Waals surface area (Å²) in [6, 6.07) is 5.78. The number of aromatic nitrogens is 1. The van der Waals surface area contributed by atoms with Crippen molar-refractivity contribution in [1.29, 1.82) is 0 Å². The molecule has 0 spiro atoms. The number of hydrogen-bond acceptors (Lipinski definition) is 4. The summed E-state index contributed by atoms with van der Waals surface area (Å²) in [6.45, 7) is 2.61. The number of benzene rings is 1. The maximum absolute atomic E-state index is 13.9. The molecule has 1 aromatic heterocycles. The van der Waals surface area contributed by atoms with E-state index in [1.165, 1.54) is 16.6 Å². The number of halogens is 2. The molecule has 1 aliphatic rings. The van der Waals surface area contributed by atoms with Crippen molar-refractivity contribution in [1.82, 2.24) is 14.2 Å². The van der Waals surface area contributed by atoms with Gasteiger partial charge in [0.15, 0.2) is 0 Å². The molecule has 1 saturated heterocycles. The molecule has 1 fully saturated rings. The monoisotopic (exact) mass is 468 g/mol. The van der Waals surface area contributed by atoms with Crippen LogP contribution in [0.15, 0.2) is 36.5 Å². The second-order valence-corrected chi connectivity index (χ2v) is 9.63. The summed E-state index contributed by atoms with van der Waals surface area (Å²) in [5.41, 5.74) is 0.712. The van der Waals surface area contributed by atoms with Gasteiger partial charge >= 0.3 is 6.03 Å². The lowest BCUT2D eigenvalue weighted by molar-refractivity contribution is 0.174. The number of nitrogens with zero attached hydrogens (tertiary/aromatic N) is 3. The van der Waals surface area contributed by atoms with Crippen LogP contribution in [0.1, 0.15) is 33.6 Å². The molecule has 0 atom stereocenters. The highest BCUT2D eigenvalue weighted by Gasteiger charge is 2.30. The molecule has 0 radical (unpaired) electrons. The highest BCUT2D eigenvalue weighted by Crippen LogP contribution is 2.23. The van der Waals surface area contributed by atoms with Crippen molar-refractivity contribution < 1.29 is 22.0 Å². The molecule has 2 heterocycles. The smallest absolute Gasteiger partial charge is 0.321 e. The Hall–Kier alpha value is -2.59. The highest BCUT2D eigenvalue weighted by atomic mass is 32.2. The van der Waals surface area contributed by atoms with Gasteiger partial charge in [0.2, 0.25) is 10.0 Å². The Bertz CT molecular complexity index is 1020. The molecule has 1 N–H and O–H groups in total. The molecule has 0 aliphatic carbocycles. The highest BCUT2D eigenvalue weighted by molar-refractivity contribution is 7.89. The lowest BCUT2D eigenvalue weighted by Gasteiger charge is -2.36. The Morgan fingerprint density at radius 2 is 1.91 bits per heavy atom. The lowest BCUT2D eigenvalue weighted by Crippen LogP contribution is -2.48. The molecule has 0 saturated carbocycles. The zero-order chi connectivity index (χ0) is 22.6. The molecule has 10 heteroatoms. The average molecular weight is 469 g/mol. The number of hydrogen-bond donors (Lipinski definition) is 1. The number of sulfonamides is 1. The standard InChI is InChI=1S/C21H26F2N4O3S.CH4/c1-3-12-31(29,30)27-10-8-17(9-11-27)26(2)21(28)25-16-5-7-20(24-14-16)18-13-15(22)4-6-19(18)23;/h4-7,13-14,17H,3,8-12H2,1-2H3,(H,25,28);1H4. The van der Waals surface area contributed by atoms with E-state index >= 15 is 0 Å². The number of piperidine rings is 1. The number of carbonyl (C=O) groups is 1. The molecule has 1 aromatic carbocycles. The van der Waals surface area contributed by atoms with E-state index in [1.807, 2.05) is 6.92 Å². The molecule has 7 nitrogen and oxygen atoms in total. The van der Waals surface area contributed by atoms with Crippen molar-refractivity contribution in [3.05, 3.63) is 48.2 Å². The van der Waals surface area contributed by atoms with E-state index < -0.39 is 21.7 Å². The molecule has 0 bridgehead atoms. The van der Waals surface area contributed by atoms with E-state index in [-0.39, 0.29) is 36.5 Å². The number of anilines is 1. The molecule has 2 amide bonds. The fourth-order valence-electron chi connectivity index (χ4n) is 3.59. The van der Waals surface area contributed by atoms with Gasteiger partial charge in [0, 0.05) is 31.7 Å². The zero-order valence-electron chi connectivity index (χ0n) is 17.5. The number of nitrogens with one attached hydrogen (secondary N) is 1. The molecular formula is C22H30F2N4O3S. The molecular weight excluding hydrogens is 438 g/mol. The third-order valence-corrected chi connectivity index (χ3v) is 7.44. The minimum Gasteiger partial charge on any atom is -0.325 e. The summed E-state index contributed by atoms with van der Waals surface area (Å²) in [5, 5.41) is 2.73. The zero-order valence-corrected chi connectivity index (χ0v) is 18.3. The number of rotatable bonds is 6. The fourth-order valence-corrected chi connectivity index (χ4v) is 5.13. The van der Waals surface area contributed by atoms with Crippen molar-refractivity contribution in [2.75, 3.05) is 31.2 Å². The van der Waals surface area contributed by atoms with Gasteiger partial charge in [-0.25, -0.2) is 26.3 Å². The van der Waals surface area contributed by atoms with Gasteiger partial charge in [0.25, 0.3) is 0 Å². The van der Waals surface area contributed by atoms with Gasteiger partial charge in [-0.2, -0.15) is 0 Å². The van der Waals surface area contributed by atoms with Gasteiger partial charge in [0.1, 0.15) is 11.6 Å². The van der Waals surface area contributed by atoms with Crippen LogP contribution in [0.3, 0.4) is 0 Å². The first-order valence-corrected chi connectivity index (χ1v) is 11.8. The minimum atomic E-state index is -3.23. The Balaban J connectivity index is 0.00000363. The fraction of sp³-hybridized carbons (Fsp3) is 0.455. The second kappa shape index (κ2) is 10.8. The number of urea groups is 1. The summed E-state index contributed by atoms with van der Waals surface area (Å²) in [5.74, 6) is -1.01. The molecule has 176 valence electrons. The van der Waals surface area contributed by atoms with Crippen molar-refractivity contribution in [2.45, 2.75) is 39.7 Å². The number of pyridine rings is 1. The molecule has 2 aromatic rings. The largest absolute Gasteiger partial charge is 0.325 e. The third kappa shape index (κ3) is 6.01. The lowest BCUT2D eigenvalue weighted by atomic mass is 10.1. The van der Waals surface area contributed by atoms with Gasteiger partial charge in [-0.15, -0.1) is 0 Å². The minimum absolute atomic E-state index is 0. The average Bonchev–Trinajstić information content (AvgIpc) is 2.75. The van der Waals surface area contributed by atoms with Crippen LogP contribution >= 0.6 is 0 Å². The summed E-state index contributed by atoms with van der Waals surface area (Å²) in [6.07, 6.45) is 3.07. The van der Waals surface area contributed by atoms with Gasteiger partial charge < -0.3 is 10.2 Å².